The highest BCUT2D eigenvalue weighted by Gasteiger charge is 2.39. The van der Waals surface area contributed by atoms with Gasteiger partial charge >= 0.3 is 0 Å². The summed E-state index contributed by atoms with van der Waals surface area (Å²) in [5.41, 5.74) is 0.788. The van der Waals surface area contributed by atoms with Gasteiger partial charge in [0.1, 0.15) is 5.82 Å². The van der Waals surface area contributed by atoms with Crippen LogP contribution >= 0.6 is 0 Å². The van der Waals surface area contributed by atoms with Gasteiger partial charge in [-0.2, -0.15) is 0 Å². The molecule has 1 aromatic carbocycles. The van der Waals surface area contributed by atoms with E-state index in [0.717, 1.165) is 24.9 Å². The maximum atomic E-state index is 12.8. The normalized spacial score (nSPS) is 21.7. The molecule has 1 saturated heterocycles. The quantitative estimate of drug-likeness (QED) is 0.893. The Morgan fingerprint density at radius 1 is 1.29 bits per heavy atom. The zero-order valence-electron chi connectivity index (χ0n) is 11.8. The molecule has 21 heavy (non-hydrogen) atoms. The Bertz CT molecular complexity index is 540. The molecule has 112 valence electrons. The maximum Gasteiger partial charge on any atom is 0.224 e. The number of nitrogens with one attached hydrogen (secondary N) is 1. The smallest absolute Gasteiger partial charge is 0.224 e. The molecule has 2 fully saturated rings. The van der Waals surface area contributed by atoms with Crippen molar-refractivity contribution >= 4 is 11.8 Å². The predicted octanol–water partition coefficient (Wildman–Crippen LogP) is 1.50. The highest BCUT2D eigenvalue weighted by atomic mass is 19.1. The Labute approximate surface area is 123 Å². The van der Waals surface area contributed by atoms with E-state index in [1.54, 1.807) is 12.1 Å². The lowest BCUT2D eigenvalue weighted by Crippen LogP contribution is -2.32. The van der Waals surface area contributed by atoms with Gasteiger partial charge in [0.25, 0.3) is 0 Å². The third-order valence-corrected chi connectivity index (χ3v) is 4.09. The molecule has 1 aromatic rings. The SMILES string of the molecule is O=C(Cc1ccc(F)cc1)NCC1CC(=O)N(C2CC2)C1. The van der Waals surface area contributed by atoms with Crippen molar-refractivity contribution in [1.29, 1.82) is 0 Å². The molecule has 4 nitrogen and oxygen atoms in total. The van der Waals surface area contributed by atoms with E-state index >= 15 is 0 Å². The lowest BCUT2D eigenvalue weighted by Gasteiger charge is -2.15. The second kappa shape index (κ2) is 5.84. The lowest BCUT2D eigenvalue weighted by atomic mass is 10.1. The standard InChI is InChI=1S/C16H19FN2O2/c17-13-3-1-11(2-4-13)7-15(20)18-9-12-8-16(21)19(10-12)14-5-6-14/h1-4,12,14H,5-10H2,(H,18,20). The summed E-state index contributed by atoms with van der Waals surface area (Å²) in [4.78, 5) is 25.6. The summed E-state index contributed by atoms with van der Waals surface area (Å²) in [5, 5.41) is 2.88. The van der Waals surface area contributed by atoms with Crippen LogP contribution in [0.4, 0.5) is 4.39 Å². The highest BCUT2D eigenvalue weighted by Crippen LogP contribution is 2.32. The van der Waals surface area contributed by atoms with E-state index < -0.39 is 0 Å². The summed E-state index contributed by atoms with van der Waals surface area (Å²) in [5.74, 6) is 0.0493. The van der Waals surface area contributed by atoms with Gasteiger partial charge in [0.2, 0.25) is 11.8 Å². The van der Waals surface area contributed by atoms with Crippen LogP contribution in [0.3, 0.4) is 0 Å². The van der Waals surface area contributed by atoms with Gasteiger partial charge in [-0.3, -0.25) is 9.59 Å². The van der Waals surface area contributed by atoms with E-state index in [0.29, 0.717) is 19.0 Å². The second-order valence-electron chi connectivity index (χ2n) is 5.95. The molecule has 0 radical (unpaired) electrons. The molecule has 1 aliphatic carbocycles. The number of benzene rings is 1. The zero-order valence-corrected chi connectivity index (χ0v) is 11.8. The highest BCUT2D eigenvalue weighted by molar-refractivity contribution is 5.80. The summed E-state index contributed by atoms with van der Waals surface area (Å²) >= 11 is 0. The van der Waals surface area contributed by atoms with Crippen molar-refractivity contribution < 1.29 is 14.0 Å². The van der Waals surface area contributed by atoms with Crippen molar-refractivity contribution in [1.82, 2.24) is 10.2 Å². The van der Waals surface area contributed by atoms with Gasteiger partial charge in [0.15, 0.2) is 0 Å². The number of carbonyl (C=O) groups is 2. The number of hydrogen-bond donors (Lipinski definition) is 1. The van der Waals surface area contributed by atoms with Gasteiger partial charge in [0.05, 0.1) is 6.42 Å². The Morgan fingerprint density at radius 3 is 2.67 bits per heavy atom. The Balaban J connectivity index is 1.43. The van der Waals surface area contributed by atoms with Crippen LogP contribution in [0.2, 0.25) is 0 Å². The number of nitrogens with zero attached hydrogens (tertiary/aromatic N) is 1. The van der Waals surface area contributed by atoms with Crippen LogP contribution in [-0.2, 0) is 16.0 Å². The summed E-state index contributed by atoms with van der Waals surface area (Å²) < 4.78 is 12.8. The van der Waals surface area contributed by atoms with E-state index in [9.17, 15) is 14.0 Å². The molecule has 0 bridgehead atoms. The van der Waals surface area contributed by atoms with Gasteiger partial charge in [-0.15, -0.1) is 0 Å². The van der Waals surface area contributed by atoms with Crippen molar-refractivity contribution in [3.63, 3.8) is 0 Å². The molecule has 1 atom stereocenters. The maximum absolute atomic E-state index is 12.8. The minimum atomic E-state index is -0.302. The van der Waals surface area contributed by atoms with E-state index in [1.165, 1.54) is 12.1 Å². The average Bonchev–Trinajstić information content (AvgIpc) is 3.23. The first-order valence-corrected chi connectivity index (χ1v) is 7.42. The number of amides is 2. The number of halogens is 1. The van der Waals surface area contributed by atoms with Crippen LogP contribution in [-0.4, -0.2) is 35.8 Å². The molecular weight excluding hydrogens is 271 g/mol. The molecule has 1 aliphatic heterocycles. The molecule has 0 spiro atoms. The monoisotopic (exact) mass is 290 g/mol. The third-order valence-electron chi connectivity index (χ3n) is 4.09. The van der Waals surface area contributed by atoms with Gasteiger partial charge in [-0.05, 0) is 30.5 Å². The summed E-state index contributed by atoms with van der Waals surface area (Å²) in [6.45, 7) is 1.30. The fourth-order valence-corrected chi connectivity index (χ4v) is 2.79. The number of carbonyl (C=O) groups excluding carboxylic acids is 2. The van der Waals surface area contributed by atoms with Crippen molar-refractivity contribution in [2.45, 2.75) is 31.7 Å². The van der Waals surface area contributed by atoms with Crippen molar-refractivity contribution in [3.05, 3.63) is 35.6 Å². The van der Waals surface area contributed by atoms with Crippen molar-refractivity contribution in [3.8, 4) is 0 Å². The van der Waals surface area contributed by atoms with Crippen molar-refractivity contribution in [2.75, 3.05) is 13.1 Å². The number of hydrogen-bond acceptors (Lipinski definition) is 2. The van der Waals surface area contributed by atoms with E-state index in [2.05, 4.69) is 5.32 Å². The van der Waals surface area contributed by atoms with Crippen LogP contribution < -0.4 is 5.32 Å². The largest absolute Gasteiger partial charge is 0.355 e. The minimum absolute atomic E-state index is 0.0843. The summed E-state index contributed by atoms with van der Waals surface area (Å²) in [7, 11) is 0. The van der Waals surface area contributed by atoms with Crippen LogP contribution in [0.1, 0.15) is 24.8 Å². The van der Waals surface area contributed by atoms with Crippen LogP contribution in [0.25, 0.3) is 0 Å². The topological polar surface area (TPSA) is 49.4 Å². The number of likely N-dealkylation sites (tertiary alicyclic amines) is 1. The first kappa shape index (κ1) is 14.0. The molecule has 3 rings (SSSR count). The molecule has 0 aromatic heterocycles. The van der Waals surface area contributed by atoms with E-state index in [1.807, 2.05) is 4.90 Å². The molecule has 1 heterocycles. The van der Waals surface area contributed by atoms with Gasteiger partial charge < -0.3 is 10.2 Å². The lowest BCUT2D eigenvalue weighted by molar-refractivity contribution is -0.128. The Hall–Kier alpha value is -1.91. The van der Waals surface area contributed by atoms with Gasteiger partial charge in [0, 0.05) is 31.5 Å². The van der Waals surface area contributed by atoms with E-state index in [-0.39, 0.29) is 30.0 Å². The first-order valence-electron chi connectivity index (χ1n) is 7.42. The molecule has 5 heteroatoms. The zero-order chi connectivity index (χ0) is 14.8. The van der Waals surface area contributed by atoms with Crippen LogP contribution in [0.5, 0.6) is 0 Å². The molecule has 1 unspecified atom stereocenters. The van der Waals surface area contributed by atoms with Crippen LogP contribution in [0, 0.1) is 11.7 Å². The molecule has 2 aliphatic rings. The molecule has 2 amide bonds. The second-order valence-corrected chi connectivity index (χ2v) is 5.95. The number of rotatable bonds is 5. The van der Waals surface area contributed by atoms with Crippen molar-refractivity contribution in [2.24, 2.45) is 5.92 Å². The Kier molecular flexibility index (Phi) is 3.90. The minimum Gasteiger partial charge on any atom is -0.355 e. The summed E-state index contributed by atoms with van der Waals surface area (Å²) in [6.07, 6.45) is 3.02. The summed E-state index contributed by atoms with van der Waals surface area (Å²) in [6, 6.07) is 6.39. The molecule has 1 saturated carbocycles. The average molecular weight is 290 g/mol. The first-order chi connectivity index (χ1) is 10.1. The van der Waals surface area contributed by atoms with Gasteiger partial charge in [-0.1, -0.05) is 12.1 Å². The molecular formula is C16H19FN2O2. The molecule has 1 N–H and O–H groups in total. The fraction of sp³-hybridized carbons (Fsp3) is 0.500. The van der Waals surface area contributed by atoms with Gasteiger partial charge in [-0.25, -0.2) is 4.39 Å². The fourth-order valence-electron chi connectivity index (χ4n) is 2.79. The van der Waals surface area contributed by atoms with E-state index in [4.69, 9.17) is 0 Å². The predicted molar refractivity (Wildman–Crippen MR) is 76.0 cm³/mol. The van der Waals surface area contributed by atoms with Crippen LogP contribution in [0.15, 0.2) is 24.3 Å². The Morgan fingerprint density at radius 2 is 2.00 bits per heavy atom. The third kappa shape index (κ3) is 3.60.